The highest BCUT2D eigenvalue weighted by Crippen LogP contribution is 2.42. The molecule has 3 heteroatoms. The quantitative estimate of drug-likeness (QED) is 0.720. The summed E-state index contributed by atoms with van der Waals surface area (Å²) in [6.07, 6.45) is 2.50. The van der Waals surface area contributed by atoms with Gasteiger partial charge in [0.25, 0.3) is 0 Å². The molecule has 3 nitrogen and oxygen atoms in total. The van der Waals surface area contributed by atoms with Gasteiger partial charge in [0.05, 0.1) is 5.52 Å². The second kappa shape index (κ2) is 3.17. The second-order valence-electron chi connectivity index (χ2n) is 4.57. The summed E-state index contributed by atoms with van der Waals surface area (Å²) < 4.78 is 1.96. The zero-order chi connectivity index (χ0) is 11.3. The molecule has 1 aromatic carbocycles. The Morgan fingerprint density at radius 2 is 2.19 bits per heavy atom. The molecule has 1 heterocycles. The van der Waals surface area contributed by atoms with Crippen molar-refractivity contribution >= 4 is 16.7 Å². The van der Waals surface area contributed by atoms with Crippen molar-refractivity contribution in [3.05, 3.63) is 29.5 Å². The highest BCUT2D eigenvalue weighted by atomic mass is 16.1. The number of benzene rings is 1. The van der Waals surface area contributed by atoms with Crippen molar-refractivity contribution in [2.45, 2.75) is 25.7 Å². The topological polar surface area (TPSA) is 34.9 Å². The molecule has 0 aliphatic heterocycles. The number of carbonyl (C=O) groups excluding carboxylic acids is 1. The van der Waals surface area contributed by atoms with Crippen LogP contribution in [0.15, 0.2) is 18.2 Å². The van der Waals surface area contributed by atoms with Gasteiger partial charge < -0.3 is 0 Å². The summed E-state index contributed by atoms with van der Waals surface area (Å²) in [6, 6.07) is 5.78. The number of rotatable bonds is 2. The van der Waals surface area contributed by atoms with E-state index in [9.17, 15) is 4.79 Å². The molecule has 1 aliphatic rings. The van der Waals surface area contributed by atoms with E-state index in [2.05, 4.69) is 5.10 Å². The molecule has 1 saturated carbocycles. The van der Waals surface area contributed by atoms with Gasteiger partial charge in [-0.2, -0.15) is 5.10 Å². The lowest BCUT2D eigenvalue weighted by atomic mass is 10.1. The average molecular weight is 214 g/mol. The molecule has 0 spiro atoms. The molecule has 1 fully saturated rings. The van der Waals surface area contributed by atoms with E-state index < -0.39 is 0 Å². The van der Waals surface area contributed by atoms with Gasteiger partial charge in [0.2, 0.25) is 0 Å². The van der Waals surface area contributed by atoms with Crippen LogP contribution in [0.5, 0.6) is 0 Å². The zero-order valence-corrected chi connectivity index (χ0v) is 9.53. The number of fused-ring (bicyclic) bond motifs is 1. The van der Waals surface area contributed by atoms with Gasteiger partial charge in [0.1, 0.15) is 0 Å². The van der Waals surface area contributed by atoms with Gasteiger partial charge >= 0.3 is 0 Å². The van der Waals surface area contributed by atoms with Crippen LogP contribution in [0.1, 0.15) is 41.7 Å². The summed E-state index contributed by atoms with van der Waals surface area (Å²) in [5.41, 5.74) is 3.06. The minimum atomic E-state index is 0.118. The van der Waals surface area contributed by atoms with Crippen molar-refractivity contribution in [3.8, 4) is 0 Å². The van der Waals surface area contributed by atoms with Gasteiger partial charge in [0.15, 0.2) is 5.78 Å². The summed E-state index contributed by atoms with van der Waals surface area (Å²) in [6.45, 7) is 1.61. The smallest absolute Gasteiger partial charge is 0.159 e. The van der Waals surface area contributed by atoms with E-state index in [-0.39, 0.29) is 5.78 Å². The minimum absolute atomic E-state index is 0.118. The summed E-state index contributed by atoms with van der Waals surface area (Å²) in [5, 5.41) is 5.63. The molecule has 0 N–H and O–H groups in total. The van der Waals surface area contributed by atoms with Crippen LogP contribution in [0, 0.1) is 0 Å². The number of hydrogen-bond donors (Lipinski definition) is 0. The Labute approximate surface area is 94.1 Å². The first-order valence-corrected chi connectivity index (χ1v) is 5.64. The van der Waals surface area contributed by atoms with Gasteiger partial charge in [-0.1, -0.05) is 0 Å². The lowest BCUT2D eigenvalue weighted by molar-refractivity contribution is 0.101. The van der Waals surface area contributed by atoms with E-state index in [0.29, 0.717) is 5.92 Å². The number of hydrogen-bond acceptors (Lipinski definition) is 2. The van der Waals surface area contributed by atoms with E-state index in [1.54, 1.807) is 6.92 Å². The van der Waals surface area contributed by atoms with Gasteiger partial charge in [-0.15, -0.1) is 0 Å². The van der Waals surface area contributed by atoms with Gasteiger partial charge in [-0.3, -0.25) is 9.48 Å². The van der Waals surface area contributed by atoms with Gasteiger partial charge in [0, 0.05) is 29.6 Å². The molecule has 82 valence electrons. The van der Waals surface area contributed by atoms with Crippen molar-refractivity contribution < 1.29 is 4.79 Å². The standard InChI is InChI=1S/C13H14N2O/c1-8(16)10-5-6-12-11(7-10)13(9-3-4-9)15(2)14-12/h5-7,9H,3-4H2,1-2H3. The first-order valence-electron chi connectivity index (χ1n) is 5.64. The van der Waals surface area contributed by atoms with E-state index in [1.807, 2.05) is 29.9 Å². The largest absolute Gasteiger partial charge is 0.295 e. The lowest BCUT2D eigenvalue weighted by Gasteiger charge is -1.99. The number of aryl methyl sites for hydroxylation is 1. The fourth-order valence-corrected chi connectivity index (χ4v) is 2.28. The Hall–Kier alpha value is -1.64. The summed E-state index contributed by atoms with van der Waals surface area (Å²) in [7, 11) is 1.99. The van der Waals surface area contributed by atoms with Crippen LogP contribution in [0.3, 0.4) is 0 Å². The normalized spacial score (nSPS) is 15.6. The first-order chi connectivity index (χ1) is 7.66. The highest BCUT2D eigenvalue weighted by molar-refractivity contribution is 5.98. The maximum Gasteiger partial charge on any atom is 0.159 e. The molecule has 0 unspecified atom stereocenters. The molecule has 1 aliphatic carbocycles. The maximum absolute atomic E-state index is 11.4. The third-order valence-corrected chi connectivity index (χ3v) is 3.25. The molecular formula is C13H14N2O. The SMILES string of the molecule is CC(=O)c1ccc2nn(C)c(C3CC3)c2c1. The zero-order valence-electron chi connectivity index (χ0n) is 9.53. The maximum atomic E-state index is 11.4. The Morgan fingerprint density at radius 3 is 2.81 bits per heavy atom. The molecule has 0 saturated heterocycles. The Balaban J connectivity index is 2.27. The van der Waals surface area contributed by atoms with Gasteiger partial charge in [-0.25, -0.2) is 0 Å². The van der Waals surface area contributed by atoms with E-state index in [1.165, 1.54) is 18.5 Å². The van der Waals surface area contributed by atoms with Crippen LogP contribution >= 0.6 is 0 Å². The number of carbonyl (C=O) groups is 1. The molecule has 0 amide bonds. The fourth-order valence-electron chi connectivity index (χ4n) is 2.28. The van der Waals surface area contributed by atoms with Crippen LogP contribution in [-0.4, -0.2) is 15.6 Å². The number of nitrogens with zero attached hydrogens (tertiary/aromatic N) is 2. The molecule has 3 rings (SSSR count). The minimum Gasteiger partial charge on any atom is -0.295 e. The van der Waals surface area contributed by atoms with Crippen LogP contribution in [-0.2, 0) is 7.05 Å². The predicted octanol–water partition coefficient (Wildman–Crippen LogP) is 2.65. The molecular weight excluding hydrogens is 200 g/mol. The molecule has 0 radical (unpaired) electrons. The van der Waals surface area contributed by atoms with Crippen LogP contribution in [0.2, 0.25) is 0 Å². The predicted molar refractivity (Wildman–Crippen MR) is 62.7 cm³/mol. The monoisotopic (exact) mass is 214 g/mol. The second-order valence-corrected chi connectivity index (χ2v) is 4.57. The first kappa shape index (κ1) is 9.58. The van der Waals surface area contributed by atoms with Crippen LogP contribution in [0.25, 0.3) is 10.9 Å². The fraction of sp³-hybridized carbons (Fsp3) is 0.385. The highest BCUT2D eigenvalue weighted by Gasteiger charge is 2.29. The average Bonchev–Trinajstić information content (AvgIpc) is 3.00. The number of Topliss-reactive ketones (excluding diaryl/α,β-unsaturated/α-hetero) is 1. The summed E-state index contributed by atoms with van der Waals surface area (Å²) in [5.74, 6) is 0.768. The summed E-state index contributed by atoms with van der Waals surface area (Å²) in [4.78, 5) is 11.4. The van der Waals surface area contributed by atoms with Crippen molar-refractivity contribution in [2.75, 3.05) is 0 Å². The third kappa shape index (κ3) is 1.35. The molecule has 16 heavy (non-hydrogen) atoms. The van der Waals surface area contributed by atoms with Crippen LogP contribution in [0.4, 0.5) is 0 Å². The summed E-state index contributed by atoms with van der Waals surface area (Å²) >= 11 is 0. The molecule has 2 aromatic rings. The van der Waals surface area contributed by atoms with E-state index in [0.717, 1.165) is 16.5 Å². The van der Waals surface area contributed by atoms with E-state index in [4.69, 9.17) is 0 Å². The van der Waals surface area contributed by atoms with Gasteiger partial charge in [-0.05, 0) is 38.0 Å². The number of aromatic nitrogens is 2. The Bertz CT molecular complexity index is 579. The Kier molecular flexibility index (Phi) is 1.90. The number of ketones is 1. The Morgan fingerprint density at radius 1 is 1.44 bits per heavy atom. The molecule has 1 aromatic heterocycles. The third-order valence-electron chi connectivity index (χ3n) is 3.25. The molecule has 0 bridgehead atoms. The van der Waals surface area contributed by atoms with Crippen LogP contribution < -0.4 is 0 Å². The van der Waals surface area contributed by atoms with Crippen molar-refractivity contribution in [1.29, 1.82) is 0 Å². The van der Waals surface area contributed by atoms with Crippen molar-refractivity contribution in [3.63, 3.8) is 0 Å². The van der Waals surface area contributed by atoms with Crippen molar-refractivity contribution in [1.82, 2.24) is 9.78 Å². The van der Waals surface area contributed by atoms with Crippen molar-refractivity contribution in [2.24, 2.45) is 7.05 Å². The molecule has 0 atom stereocenters. The van der Waals surface area contributed by atoms with E-state index >= 15 is 0 Å². The lowest BCUT2D eigenvalue weighted by Crippen LogP contribution is -1.96.